The average Bonchev–Trinajstić information content (AvgIpc) is 2.33. The number of hydrogen-bond donors (Lipinski definition) is 0. The third-order valence-corrected chi connectivity index (χ3v) is 3.11. The van der Waals surface area contributed by atoms with Crippen molar-refractivity contribution in [2.24, 2.45) is 0 Å². The maximum Gasteiger partial charge on any atom is 0.148 e. The summed E-state index contributed by atoms with van der Waals surface area (Å²) in [4.78, 5) is 4.28. The minimum absolute atomic E-state index is 0.490. The summed E-state index contributed by atoms with van der Waals surface area (Å²) in [6.45, 7) is 7.80. The van der Waals surface area contributed by atoms with Gasteiger partial charge in [0.1, 0.15) is 23.1 Å². The summed E-state index contributed by atoms with van der Waals surface area (Å²) in [5.41, 5.74) is 4.41. The van der Waals surface area contributed by atoms with Crippen molar-refractivity contribution in [1.82, 2.24) is 4.98 Å². The van der Waals surface area contributed by atoms with Crippen LogP contribution in [0.25, 0.3) is 0 Å². The molecule has 0 bridgehead atoms. The van der Waals surface area contributed by atoms with E-state index in [1.165, 1.54) is 11.1 Å². The molecule has 0 atom stereocenters. The lowest BCUT2D eigenvalue weighted by atomic mass is 10.1. The molecule has 3 heteroatoms. The minimum atomic E-state index is 0.490. The fourth-order valence-electron chi connectivity index (χ4n) is 1.91. The SMILES string of the molecule is Cc1cc(Oc2ccc(C)c(C)c2)c(C#N)c(C)n1. The van der Waals surface area contributed by atoms with E-state index in [9.17, 15) is 5.26 Å². The second-order valence-corrected chi connectivity index (χ2v) is 4.68. The molecule has 0 aliphatic heterocycles. The molecule has 2 aromatic rings. The van der Waals surface area contributed by atoms with E-state index in [-0.39, 0.29) is 0 Å². The Bertz CT molecular complexity index is 669. The molecule has 0 saturated heterocycles. The zero-order chi connectivity index (χ0) is 14.0. The second-order valence-electron chi connectivity index (χ2n) is 4.68. The van der Waals surface area contributed by atoms with Crippen LogP contribution in [0.2, 0.25) is 0 Å². The number of ether oxygens (including phenoxy) is 1. The van der Waals surface area contributed by atoms with Crippen LogP contribution in [-0.2, 0) is 0 Å². The minimum Gasteiger partial charge on any atom is -0.456 e. The van der Waals surface area contributed by atoms with E-state index in [1.807, 2.05) is 39.0 Å². The number of pyridine rings is 1. The van der Waals surface area contributed by atoms with Crippen LogP contribution in [-0.4, -0.2) is 4.98 Å². The Hall–Kier alpha value is -2.34. The van der Waals surface area contributed by atoms with Crippen LogP contribution in [0.15, 0.2) is 24.3 Å². The molecular formula is C16H16N2O. The maximum absolute atomic E-state index is 9.20. The first-order valence-electron chi connectivity index (χ1n) is 6.14. The van der Waals surface area contributed by atoms with E-state index < -0.39 is 0 Å². The van der Waals surface area contributed by atoms with E-state index >= 15 is 0 Å². The smallest absolute Gasteiger partial charge is 0.148 e. The van der Waals surface area contributed by atoms with E-state index in [0.717, 1.165) is 11.4 Å². The monoisotopic (exact) mass is 252 g/mol. The van der Waals surface area contributed by atoms with Gasteiger partial charge in [-0.1, -0.05) is 6.07 Å². The normalized spacial score (nSPS) is 10.1. The van der Waals surface area contributed by atoms with Crippen LogP contribution < -0.4 is 4.74 Å². The molecule has 0 amide bonds. The summed E-state index contributed by atoms with van der Waals surface area (Å²) in [5, 5.41) is 9.20. The summed E-state index contributed by atoms with van der Waals surface area (Å²) in [7, 11) is 0. The first-order valence-corrected chi connectivity index (χ1v) is 6.14. The van der Waals surface area contributed by atoms with E-state index in [4.69, 9.17) is 4.74 Å². The van der Waals surface area contributed by atoms with Crippen molar-refractivity contribution >= 4 is 0 Å². The fourth-order valence-corrected chi connectivity index (χ4v) is 1.91. The molecule has 1 aromatic carbocycles. The average molecular weight is 252 g/mol. The molecule has 0 radical (unpaired) electrons. The van der Waals surface area contributed by atoms with Crippen LogP contribution in [0.5, 0.6) is 11.5 Å². The molecule has 0 saturated carbocycles. The van der Waals surface area contributed by atoms with E-state index in [2.05, 4.69) is 18.0 Å². The van der Waals surface area contributed by atoms with Crippen molar-refractivity contribution in [1.29, 1.82) is 5.26 Å². The summed E-state index contributed by atoms with van der Waals surface area (Å²) >= 11 is 0. The number of rotatable bonds is 2. The number of aryl methyl sites for hydroxylation is 4. The number of nitriles is 1. The lowest BCUT2D eigenvalue weighted by molar-refractivity contribution is 0.478. The Labute approximate surface area is 113 Å². The molecule has 0 aliphatic rings. The van der Waals surface area contributed by atoms with Gasteiger partial charge < -0.3 is 4.74 Å². The molecular weight excluding hydrogens is 236 g/mol. The van der Waals surface area contributed by atoms with Crippen LogP contribution in [0.4, 0.5) is 0 Å². The summed E-state index contributed by atoms with van der Waals surface area (Å²) in [6, 6.07) is 9.84. The van der Waals surface area contributed by atoms with Gasteiger partial charge in [0.2, 0.25) is 0 Å². The fraction of sp³-hybridized carbons (Fsp3) is 0.250. The van der Waals surface area contributed by atoms with Gasteiger partial charge in [-0.2, -0.15) is 5.26 Å². The molecule has 1 heterocycles. The van der Waals surface area contributed by atoms with Crippen molar-refractivity contribution in [2.45, 2.75) is 27.7 Å². The highest BCUT2D eigenvalue weighted by Crippen LogP contribution is 2.28. The van der Waals surface area contributed by atoms with Gasteiger partial charge in [0.15, 0.2) is 0 Å². The molecule has 2 rings (SSSR count). The predicted octanol–water partition coefficient (Wildman–Crippen LogP) is 3.98. The topological polar surface area (TPSA) is 45.9 Å². The van der Waals surface area contributed by atoms with E-state index in [0.29, 0.717) is 17.0 Å². The van der Waals surface area contributed by atoms with Crippen molar-refractivity contribution in [3.05, 3.63) is 52.3 Å². The highest BCUT2D eigenvalue weighted by atomic mass is 16.5. The quantitative estimate of drug-likeness (QED) is 0.812. The zero-order valence-corrected chi connectivity index (χ0v) is 11.6. The first kappa shape index (κ1) is 13.1. The van der Waals surface area contributed by atoms with Gasteiger partial charge in [-0.3, -0.25) is 4.98 Å². The van der Waals surface area contributed by atoms with Crippen molar-refractivity contribution in [3.63, 3.8) is 0 Å². The highest BCUT2D eigenvalue weighted by molar-refractivity contribution is 5.49. The van der Waals surface area contributed by atoms with Crippen LogP contribution in [0.3, 0.4) is 0 Å². The molecule has 96 valence electrons. The number of nitrogens with zero attached hydrogens (tertiary/aromatic N) is 2. The Morgan fingerprint density at radius 3 is 2.42 bits per heavy atom. The summed E-state index contributed by atoms with van der Waals surface area (Å²) < 4.78 is 5.84. The second kappa shape index (κ2) is 5.11. The molecule has 0 N–H and O–H groups in total. The molecule has 3 nitrogen and oxygen atoms in total. The van der Waals surface area contributed by atoms with Gasteiger partial charge in [0, 0.05) is 11.8 Å². The van der Waals surface area contributed by atoms with Gasteiger partial charge in [-0.25, -0.2) is 0 Å². The first-order chi connectivity index (χ1) is 9.01. The third-order valence-electron chi connectivity index (χ3n) is 3.11. The molecule has 1 aromatic heterocycles. The van der Waals surface area contributed by atoms with Crippen molar-refractivity contribution in [3.8, 4) is 17.6 Å². The molecule has 0 aliphatic carbocycles. The lowest BCUT2D eigenvalue weighted by Crippen LogP contribution is -1.96. The van der Waals surface area contributed by atoms with Crippen LogP contribution in [0, 0.1) is 39.0 Å². The number of aromatic nitrogens is 1. The number of benzene rings is 1. The Morgan fingerprint density at radius 2 is 1.79 bits per heavy atom. The standard InChI is InChI=1S/C16H16N2O/c1-10-5-6-14(7-11(10)2)19-16-8-12(3)18-13(4)15(16)9-17/h5-8H,1-4H3. The predicted molar refractivity (Wildman–Crippen MR) is 74.4 cm³/mol. The largest absolute Gasteiger partial charge is 0.456 e. The maximum atomic E-state index is 9.20. The molecule has 0 fully saturated rings. The summed E-state index contributed by atoms with van der Waals surface area (Å²) in [5.74, 6) is 1.31. The van der Waals surface area contributed by atoms with Gasteiger partial charge >= 0.3 is 0 Å². The third kappa shape index (κ3) is 2.74. The van der Waals surface area contributed by atoms with Crippen LogP contribution >= 0.6 is 0 Å². The molecule has 19 heavy (non-hydrogen) atoms. The van der Waals surface area contributed by atoms with Crippen molar-refractivity contribution < 1.29 is 4.74 Å². The number of hydrogen-bond acceptors (Lipinski definition) is 3. The highest BCUT2D eigenvalue weighted by Gasteiger charge is 2.10. The van der Waals surface area contributed by atoms with Gasteiger partial charge in [-0.05, 0) is 51.0 Å². The Balaban J connectivity index is 2.43. The summed E-state index contributed by atoms with van der Waals surface area (Å²) in [6.07, 6.45) is 0. The Kier molecular flexibility index (Phi) is 3.52. The Morgan fingerprint density at radius 1 is 1.05 bits per heavy atom. The van der Waals surface area contributed by atoms with Crippen molar-refractivity contribution in [2.75, 3.05) is 0 Å². The van der Waals surface area contributed by atoms with Crippen LogP contribution in [0.1, 0.15) is 28.1 Å². The van der Waals surface area contributed by atoms with E-state index in [1.54, 1.807) is 6.07 Å². The molecule has 0 unspecified atom stereocenters. The molecule has 0 spiro atoms. The lowest BCUT2D eigenvalue weighted by Gasteiger charge is -2.11. The van der Waals surface area contributed by atoms with Gasteiger partial charge in [0.25, 0.3) is 0 Å². The van der Waals surface area contributed by atoms with Gasteiger partial charge in [0.05, 0.1) is 5.69 Å². The zero-order valence-electron chi connectivity index (χ0n) is 11.6. The van der Waals surface area contributed by atoms with Gasteiger partial charge in [-0.15, -0.1) is 0 Å².